The molecule has 0 radical (unpaired) electrons. The Morgan fingerprint density at radius 3 is 2.27 bits per heavy atom. The summed E-state index contributed by atoms with van der Waals surface area (Å²) in [5, 5.41) is 12.8. The molecule has 2 unspecified atom stereocenters. The van der Waals surface area contributed by atoms with E-state index in [1.54, 1.807) is 6.26 Å². The third-order valence-electron chi connectivity index (χ3n) is 3.33. The molecule has 4 heteroatoms. The van der Waals surface area contributed by atoms with E-state index in [2.05, 4.69) is 19.2 Å². The molecule has 0 bridgehead atoms. The van der Waals surface area contributed by atoms with Crippen LogP contribution in [0.5, 0.6) is 0 Å². The standard InChI is InChI=1S/C11H25NO2S/c1-5-11(6-2,9-13)8-12-7-10(3)15(4)14/h10,12-13H,5-9H2,1-4H3. The fourth-order valence-electron chi connectivity index (χ4n) is 1.44. The Morgan fingerprint density at radius 2 is 1.93 bits per heavy atom. The highest BCUT2D eigenvalue weighted by Gasteiger charge is 2.24. The number of nitrogens with one attached hydrogen (secondary N) is 1. The Bertz CT molecular complexity index is 185. The molecule has 0 aliphatic carbocycles. The number of rotatable bonds is 8. The van der Waals surface area contributed by atoms with Crippen LogP contribution in [0.15, 0.2) is 0 Å². The lowest BCUT2D eigenvalue weighted by molar-refractivity contribution is 0.113. The predicted molar refractivity (Wildman–Crippen MR) is 66.5 cm³/mol. The monoisotopic (exact) mass is 235 g/mol. The zero-order valence-corrected chi connectivity index (χ0v) is 11.2. The highest BCUT2D eigenvalue weighted by atomic mass is 32.2. The van der Waals surface area contributed by atoms with E-state index in [1.807, 2.05) is 6.92 Å². The van der Waals surface area contributed by atoms with E-state index >= 15 is 0 Å². The van der Waals surface area contributed by atoms with Crippen molar-refractivity contribution in [1.82, 2.24) is 5.32 Å². The number of aliphatic hydroxyl groups excluding tert-OH is 1. The Morgan fingerprint density at radius 1 is 1.40 bits per heavy atom. The van der Waals surface area contributed by atoms with E-state index in [9.17, 15) is 9.32 Å². The molecular weight excluding hydrogens is 210 g/mol. The van der Waals surface area contributed by atoms with Gasteiger partial charge < -0.3 is 10.4 Å². The van der Waals surface area contributed by atoms with Crippen molar-refractivity contribution >= 4 is 10.8 Å². The predicted octanol–water partition coefficient (Wildman–Crippen LogP) is 1.14. The molecule has 0 amide bonds. The summed E-state index contributed by atoms with van der Waals surface area (Å²) < 4.78 is 11.1. The van der Waals surface area contributed by atoms with Gasteiger partial charge in [-0.25, -0.2) is 0 Å². The van der Waals surface area contributed by atoms with E-state index in [4.69, 9.17) is 0 Å². The first kappa shape index (κ1) is 15.1. The first-order valence-corrected chi connectivity index (χ1v) is 7.27. The molecule has 0 spiro atoms. The summed E-state index contributed by atoms with van der Waals surface area (Å²) in [6.07, 6.45) is 3.67. The SMILES string of the molecule is CCC(CC)(CO)CNCC(C)S(C)=O. The van der Waals surface area contributed by atoms with Gasteiger partial charge in [0.1, 0.15) is 0 Å². The molecule has 0 aromatic heterocycles. The molecule has 15 heavy (non-hydrogen) atoms. The minimum absolute atomic E-state index is 0.00501. The van der Waals surface area contributed by atoms with Gasteiger partial charge in [-0.15, -0.1) is 0 Å². The minimum Gasteiger partial charge on any atom is -0.396 e. The van der Waals surface area contributed by atoms with Crippen LogP contribution in [-0.2, 0) is 10.8 Å². The molecule has 2 atom stereocenters. The third-order valence-corrected chi connectivity index (χ3v) is 4.63. The number of hydrogen-bond acceptors (Lipinski definition) is 3. The summed E-state index contributed by atoms with van der Waals surface area (Å²) >= 11 is 0. The van der Waals surface area contributed by atoms with Crippen LogP contribution in [0.4, 0.5) is 0 Å². The van der Waals surface area contributed by atoms with Crippen molar-refractivity contribution in [3.63, 3.8) is 0 Å². The van der Waals surface area contributed by atoms with E-state index < -0.39 is 10.8 Å². The van der Waals surface area contributed by atoms with Crippen molar-refractivity contribution in [3.8, 4) is 0 Å². The van der Waals surface area contributed by atoms with Crippen molar-refractivity contribution in [2.75, 3.05) is 26.0 Å². The fraction of sp³-hybridized carbons (Fsp3) is 1.00. The lowest BCUT2D eigenvalue weighted by Crippen LogP contribution is -2.39. The van der Waals surface area contributed by atoms with Crippen molar-refractivity contribution in [1.29, 1.82) is 0 Å². The molecule has 0 aliphatic rings. The summed E-state index contributed by atoms with van der Waals surface area (Å²) in [5.74, 6) is 0. The van der Waals surface area contributed by atoms with Crippen LogP contribution in [0, 0.1) is 5.41 Å². The fourth-order valence-corrected chi connectivity index (χ4v) is 1.79. The molecular formula is C11H25NO2S. The average Bonchev–Trinajstić information content (AvgIpc) is 2.24. The van der Waals surface area contributed by atoms with Crippen LogP contribution >= 0.6 is 0 Å². The molecule has 0 saturated carbocycles. The summed E-state index contributed by atoms with van der Waals surface area (Å²) in [6, 6.07) is 0. The van der Waals surface area contributed by atoms with Gasteiger partial charge >= 0.3 is 0 Å². The first-order valence-electron chi connectivity index (χ1n) is 5.65. The maximum absolute atomic E-state index is 11.1. The Kier molecular flexibility index (Phi) is 7.40. The van der Waals surface area contributed by atoms with Crippen molar-refractivity contribution < 1.29 is 9.32 Å². The first-order chi connectivity index (χ1) is 7.01. The highest BCUT2D eigenvalue weighted by Crippen LogP contribution is 2.24. The Hall–Kier alpha value is 0.0700. The van der Waals surface area contributed by atoms with E-state index in [0.29, 0.717) is 0 Å². The van der Waals surface area contributed by atoms with E-state index in [1.165, 1.54) is 0 Å². The quantitative estimate of drug-likeness (QED) is 0.663. The minimum atomic E-state index is -0.769. The largest absolute Gasteiger partial charge is 0.396 e. The van der Waals surface area contributed by atoms with Crippen LogP contribution < -0.4 is 5.32 Å². The number of aliphatic hydroxyl groups is 1. The molecule has 0 aromatic carbocycles. The second-order valence-corrected chi connectivity index (χ2v) is 6.11. The van der Waals surface area contributed by atoms with Crippen molar-refractivity contribution in [2.24, 2.45) is 5.41 Å². The van der Waals surface area contributed by atoms with Crippen LogP contribution in [0.3, 0.4) is 0 Å². The van der Waals surface area contributed by atoms with Crippen LogP contribution in [0.1, 0.15) is 33.6 Å². The highest BCUT2D eigenvalue weighted by molar-refractivity contribution is 7.84. The molecule has 0 aliphatic heterocycles. The van der Waals surface area contributed by atoms with Crippen LogP contribution in [0.25, 0.3) is 0 Å². The summed E-state index contributed by atoms with van der Waals surface area (Å²) in [7, 11) is -0.769. The lowest BCUT2D eigenvalue weighted by Gasteiger charge is -2.30. The summed E-state index contributed by atoms with van der Waals surface area (Å²) in [5.41, 5.74) is -0.00501. The Balaban J connectivity index is 3.96. The maximum atomic E-state index is 11.1. The topological polar surface area (TPSA) is 49.3 Å². The molecule has 0 heterocycles. The second-order valence-electron chi connectivity index (χ2n) is 4.31. The normalized spacial score (nSPS) is 16.3. The van der Waals surface area contributed by atoms with Gasteiger partial charge in [0.15, 0.2) is 0 Å². The molecule has 0 rings (SSSR count). The zero-order valence-electron chi connectivity index (χ0n) is 10.4. The Labute approximate surface area is 96.1 Å². The lowest BCUT2D eigenvalue weighted by atomic mass is 9.83. The summed E-state index contributed by atoms with van der Waals surface area (Å²) in [4.78, 5) is 0. The third kappa shape index (κ3) is 5.09. The molecule has 3 nitrogen and oxygen atoms in total. The van der Waals surface area contributed by atoms with Gasteiger partial charge in [-0.05, 0) is 19.8 Å². The van der Waals surface area contributed by atoms with Gasteiger partial charge in [0.2, 0.25) is 0 Å². The molecule has 0 aromatic rings. The van der Waals surface area contributed by atoms with Gasteiger partial charge in [0.25, 0.3) is 0 Å². The maximum Gasteiger partial charge on any atom is 0.0499 e. The molecule has 92 valence electrons. The van der Waals surface area contributed by atoms with Gasteiger partial charge in [0.05, 0.1) is 0 Å². The van der Waals surface area contributed by atoms with Crippen LogP contribution in [-0.4, -0.2) is 40.5 Å². The second kappa shape index (κ2) is 7.36. The summed E-state index contributed by atoms with van der Waals surface area (Å²) in [6.45, 7) is 7.95. The molecule has 0 fully saturated rings. The van der Waals surface area contributed by atoms with Gasteiger partial charge in [0, 0.05) is 47.4 Å². The zero-order chi connectivity index (χ0) is 11.9. The average molecular weight is 235 g/mol. The van der Waals surface area contributed by atoms with Crippen LogP contribution in [0.2, 0.25) is 0 Å². The van der Waals surface area contributed by atoms with Gasteiger partial charge in [-0.3, -0.25) is 4.21 Å². The van der Waals surface area contributed by atoms with Gasteiger partial charge in [-0.1, -0.05) is 13.8 Å². The number of hydrogen-bond donors (Lipinski definition) is 2. The smallest absolute Gasteiger partial charge is 0.0499 e. The molecule has 2 N–H and O–H groups in total. The van der Waals surface area contributed by atoms with E-state index in [0.717, 1.165) is 25.9 Å². The van der Waals surface area contributed by atoms with Gasteiger partial charge in [-0.2, -0.15) is 0 Å². The molecule has 0 saturated heterocycles. The van der Waals surface area contributed by atoms with E-state index in [-0.39, 0.29) is 17.3 Å². The van der Waals surface area contributed by atoms with Crippen molar-refractivity contribution in [3.05, 3.63) is 0 Å². The van der Waals surface area contributed by atoms with Crippen molar-refractivity contribution in [2.45, 2.75) is 38.9 Å².